The predicted molar refractivity (Wildman–Crippen MR) is 64.6 cm³/mol. The Kier molecular flexibility index (Phi) is 3.91. The van der Waals surface area contributed by atoms with Gasteiger partial charge in [0.15, 0.2) is 0 Å². The van der Waals surface area contributed by atoms with Gasteiger partial charge in [-0.15, -0.1) is 0 Å². The van der Waals surface area contributed by atoms with Crippen molar-refractivity contribution in [3.05, 3.63) is 30.1 Å². The standard InChI is InChI=1S/C12H14N2O4/c15-4-6-18-5-3-14-8-13-10-2-1-9(12(16)17)7-11(10)14/h1-2,7-8,15H,3-6H2,(H,16,17). The molecule has 0 saturated carbocycles. The second kappa shape index (κ2) is 5.61. The summed E-state index contributed by atoms with van der Waals surface area (Å²) in [5.41, 5.74) is 1.75. The number of carboxylic acids is 1. The molecular formula is C12H14N2O4. The van der Waals surface area contributed by atoms with Crippen LogP contribution in [0.1, 0.15) is 10.4 Å². The van der Waals surface area contributed by atoms with Crippen molar-refractivity contribution in [1.29, 1.82) is 0 Å². The fourth-order valence-corrected chi connectivity index (χ4v) is 1.70. The third-order valence-electron chi connectivity index (χ3n) is 2.58. The first-order valence-electron chi connectivity index (χ1n) is 5.59. The summed E-state index contributed by atoms with van der Waals surface area (Å²) in [5, 5.41) is 17.5. The molecule has 0 aliphatic rings. The van der Waals surface area contributed by atoms with Crippen molar-refractivity contribution < 1.29 is 19.7 Å². The number of hydrogen-bond donors (Lipinski definition) is 2. The number of benzene rings is 1. The zero-order valence-electron chi connectivity index (χ0n) is 9.74. The van der Waals surface area contributed by atoms with E-state index in [4.69, 9.17) is 14.9 Å². The number of fused-ring (bicyclic) bond motifs is 1. The number of carbonyl (C=O) groups is 1. The van der Waals surface area contributed by atoms with E-state index in [-0.39, 0.29) is 12.2 Å². The van der Waals surface area contributed by atoms with Crippen LogP contribution in [0, 0.1) is 0 Å². The molecule has 0 aliphatic carbocycles. The van der Waals surface area contributed by atoms with Crippen molar-refractivity contribution in [1.82, 2.24) is 9.55 Å². The van der Waals surface area contributed by atoms with Crippen LogP contribution in [-0.2, 0) is 11.3 Å². The van der Waals surface area contributed by atoms with Gasteiger partial charge in [0.1, 0.15) is 0 Å². The molecule has 1 aromatic carbocycles. The minimum atomic E-state index is -0.957. The molecule has 6 nitrogen and oxygen atoms in total. The molecule has 6 heteroatoms. The van der Waals surface area contributed by atoms with E-state index in [0.717, 1.165) is 11.0 Å². The van der Waals surface area contributed by atoms with E-state index < -0.39 is 5.97 Å². The number of aliphatic hydroxyl groups is 1. The van der Waals surface area contributed by atoms with Gasteiger partial charge < -0.3 is 19.5 Å². The van der Waals surface area contributed by atoms with Crippen molar-refractivity contribution >= 4 is 17.0 Å². The molecule has 1 heterocycles. The lowest BCUT2D eigenvalue weighted by molar-refractivity contribution is 0.0697. The average molecular weight is 250 g/mol. The number of aromatic nitrogens is 2. The smallest absolute Gasteiger partial charge is 0.335 e. The number of imidazole rings is 1. The summed E-state index contributed by atoms with van der Waals surface area (Å²) in [6.45, 7) is 1.31. The Morgan fingerprint density at radius 3 is 2.94 bits per heavy atom. The van der Waals surface area contributed by atoms with Crippen LogP contribution in [0.4, 0.5) is 0 Å². The van der Waals surface area contributed by atoms with Gasteiger partial charge in [-0.2, -0.15) is 0 Å². The van der Waals surface area contributed by atoms with Crippen LogP contribution in [0.2, 0.25) is 0 Å². The first kappa shape index (κ1) is 12.5. The molecule has 18 heavy (non-hydrogen) atoms. The van der Waals surface area contributed by atoms with Crippen LogP contribution in [0.25, 0.3) is 11.0 Å². The van der Waals surface area contributed by atoms with Gasteiger partial charge in [-0.25, -0.2) is 9.78 Å². The largest absolute Gasteiger partial charge is 0.478 e. The molecule has 0 radical (unpaired) electrons. The van der Waals surface area contributed by atoms with E-state index in [0.29, 0.717) is 19.8 Å². The van der Waals surface area contributed by atoms with Gasteiger partial charge in [0.05, 0.1) is 42.7 Å². The number of carboxylic acid groups (broad SMARTS) is 1. The summed E-state index contributed by atoms with van der Waals surface area (Å²) >= 11 is 0. The van der Waals surface area contributed by atoms with Crippen molar-refractivity contribution in [2.75, 3.05) is 19.8 Å². The van der Waals surface area contributed by atoms with Gasteiger partial charge in [0.2, 0.25) is 0 Å². The van der Waals surface area contributed by atoms with E-state index in [1.165, 1.54) is 6.07 Å². The third-order valence-corrected chi connectivity index (χ3v) is 2.58. The summed E-state index contributed by atoms with van der Waals surface area (Å²) in [4.78, 5) is 15.1. The maximum Gasteiger partial charge on any atom is 0.335 e. The fourth-order valence-electron chi connectivity index (χ4n) is 1.70. The molecule has 2 rings (SSSR count). The lowest BCUT2D eigenvalue weighted by Gasteiger charge is -2.05. The minimum Gasteiger partial charge on any atom is -0.478 e. The Bertz CT molecular complexity index is 550. The summed E-state index contributed by atoms with van der Waals surface area (Å²) in [6, 6.07) is 4.81. The van der Waals surface area contributed by atoms with E-state index in [2.05, 4.69) is 4.98 Å². The lowest BCUT2D eigenvalue weighted by Crippen LogP contribution is -2.07. The van der Waals surface area contributed by atoms with Crippen molar-refractivity contribution in [3.8, 4) is 0 Å². The topological polar surface area (TPSA) is 84.6 Å². The monoisotopic (exact) mass is 250 g/mol. The molecule has 2 aromatic rings. The average Bonchev–Trinajstić information content (AvgIpc) is 2.77. The van der Waals surface area contributed by atoms with Crippen LogP contribution in [0.3, 0.4) is 0 Å². The van der Waals surface area contributed by atoms with E-state index in [1.807, 2.05) is 4.57 Å². The number of ether oxygens (including phenoxy) is 1. The SMILES string of the molecule is O=C(O)c1ccc2ncn(CCOCCO)c2c1. The Labute approximate surface area is 103 Å². The van der Waals surface area contributed by atoms with Gasteiger partial charge in [-0.1, -0.05) is 0 Å². The van der Waals surface area contributed by atoms with Gasteiger partial charge >= 0.3 is 5.97 Å². The maximum absolute atomic E-state index is 10.9. The Morgan fingerprint density at radius 1 is 1.39 bits per heavy atom. The number of hydrogen-bond acceptors (Lipinski definition) is 4. The molecule has 2 N–H and O–H groups in total. The highest BCUT2D eigenvalue weighted by molar-refractivity contribution is 5.92. The zero-order chi connectivity index (χ0) is 13.0. The summed E-state index contributed by atoms with van der Waals surface area (Å²) in [6.07, 6.45) is 1.65. The molecular weight excluding hydrogens is 236 g/mol. The van der Waals surface area contributed by atoms with Gasteiger partial charge in [-0.05, 0) is 18.2 Å². The number of nitrogens with zero attached hydrogens (tertiary/aromatic N) is 2. The van der Waals surface area contributed by atoms with E-state index in [9.17, 15) is 4.79 Å². The summed E-state index contributed by atoms with van der Waals surface area (Å²) in [7, 11) is 0. The number of aromatic carboxylic acids is 1. The van der Waals surface area contributed by atoms with E-state index in [1.54, 1.807) is 18.5 Å². The van der Waals surface area contributed by atoms with Crippen molar-refractivity contribution in [3.63, 3.8) is 0 Å². The van der Waals surface area contributed by atoms with Crippen LogP contribution < -0.4 is 0 Å². The molecule has 96 valence electrons. The second-order valence-corrected chi connectivity index (χ2v) is 3.78. The van der Waals surface area contributed by atoms with E-state index >= 15 is 0 Å². The van der Waals surface area contributed by atoms with Crippen LogP contribution in [0.5, 0.6) is 0 Å². The first-order valence-corrected chi connectivity index (χ1v) is 5.59. The molecule has 1 aromatic heterocycles. The highest BCUT2D eigenvalue weighted by atomic mass is 16.5. The van der Waals surface area contributed by atoms with Crippen LogP contribution in [-0.4, -0.2) is 45.6 Å². The Hall–Kier alpha value is -1.92. The molecule has 0 fully saturated rings. The molecule has 0 amide bonds. The molecule has 0 atom stereocenters. The van der Waals surface area contributed by atoms with Crippen molar-refractivity contribution in [2.45, 2.75) is 6.54 Å². The fraction of sp³-hybridized carbons (Fsp3) is 0.333. The maximum atomic E-state index is 10.9. The zero-order valence-corrected chi connectivity index (χ0v) is 9.74. The highest BCUT2D eigenvalue weighted by Gasteiger charge is 2.07. The Balaban J connectivity index is 2.17. The Morgan fingerprint density at radius 2 is 2.22 bits per heavy atom. The van der Waals surface area contributed by atoms with Gasteiger partial charge in [0, 0.05) is 6.54 Å². The normalized spacial score (nSPS) is 10.9. The molecule has 0 spiro atoms. The first-order chi connectivity index (χ1) is 8.72. The number of rotatable bonds is 6. The predicted octanol–water partition coefficient (Wildman–Crippen LogP) is 0.743. The highest BCUT2D eigenvalue weighted by Crippen LogP contribution is 2.15. The van der Waals surface area contributed by atoms with Crippen molar-refractivity contribution in [2.24, 2.45) is 0 Å². The molecule has 0 bridgehead atoms. The number of aliphatic hydroxyl groups excluding tert-OH is 1. The van der Waals surface area contributed by atoms with Gasteiger partial charge in [-0.3, -0.25) is 0 Å². The summed E-state index contributed by atoms with van der Waals surface area (Å²) < 4.78 is 7.00. The van der Waals surface area contributed by atoms with Crippen LogP contribution >= 0.6 is 0 Å². The lowest BCUT2D eigenvalue weighted by atomic mass is 10.2. The van der Waals surface area contributed by atoms with Gasteiger partial charge in [0.25, 0.3) is 0 Å². The minimum absolute atomic E-state index is 0.00611. The third kappa shape index (κ3) is 2.66. The van der Waals surface area contributed by atoms with Crippen LogP contribution in [0.15, 0.2) is 24.5 Å². The molecule has 0 unspecified atom stereocenters. The summed E-state index contributed by atoms with van der Waals surface area (Å²) in [5.74, 6) is -0.957. The molecule has 0 aliphatic heterocycles. The molecule has 0 saturated heterocycles. The second-order valence-electron chi connectivity index (χ2n) is 3.78. The quantitative estimate of drug-likeness (QED) is 0.739.